The normalized spacial score (nSPS) is 51.7. The van der Waals surface area contributed by atoms with Gasteiger partial charge in [0, 0.05) is 13.0 Å². The van der Waals surface area contributed by atoms with Crippen molar-refractivity contribution in [2.75, 3.05) is 14.2 Å². The standard InChI is InChI=1S/C32H50O4/c1-27(2)23-10-13-32(7)25(30(23,5)12-11-24(27)35-8)22(33)18-20-21-19-29(4,26(34)36-9)15-14-28(21,3)16-17-31(20,32)6/h18,21,23-25H,10-17,19H2,1-9H3/t21?,23?,24-,25?,28+,29-,30?,31+,32+/m0/s1. The van der Waals surface area contributed by atoms with E-state index in [0.29, 0.717) is 11.7 Å². The molecule has 0 heterocycles. The van der Waals surface area contributed by atoms with Crippen LogP contribution in [-0.4, -0.2) is 32.1 Å². The van der Waals surface area contributed by atoms with Crippen molar-refractivity contribution in [1.82, 2.24) is 0 Å². The van der Waals surface area contributed by atoms with Crippen LogP contribution in [0.15, 0.2) is 11.6 Å². The third-order valence-electron chi connectivity index (χ3n) is 13.5. The number of ketones is 1. The molecule has 0 radical (unpaired) electrons. The molecule has 0 N–H and O–H groups in total. The lowest BCUT2D eigenvalue weighted by atomic mass is 9.33. The lowest BCUT2D eigenvalue weighted by Crippen LogP contribution is -2.66. The number of hydrogen-bond donors (Lipinski definition) is 0. The molecule has 0 aromatic heterocycles. The number of methoxy groups -OCH3 is 2. The second kappa shape index (κ2) is 7.93. The van der Waals surface area contributed by atoms with Gasteiger partial charge < -0.3 is 9.47 Å². The van der Waals surface area contributed by atoms with Crippen molar-refractivity contribution < 1.29 is 19.1 Å². The molecule has 0 saturated heterocycles. The second-order valence-electron chi connectivity index (χ2n) is 15.3. The molecule has 0 spiro atoms. The smallest absolute Gasteiger partial charge is 0.311 e. The quantitative estimate of drug-likeness (QED) is 0.379. The summed E-state index contributed by atoms with van der Waals surface area (Å²) in [6, 6.07) is 0. The van der Waals surface area contributed by atoms with E-state index in [2.05, 4.69) is 54.5 Å². The molecule has 36 heavy (non-hydrogen) atoms. The van der Waals surface area contributed by atoms with Gasteiger partial charge in [0.25, 0.3) is 0 Å². The Bertz CT molecular complexity index is 996. The Morgan fingerprint density at radius 2 is 1.56 bits per heavy atom. The average molecular weight is 499 g/mol. The third kappa shape index (κ3) is 3.15. The molecule has 0 aliphatic heterocycles. The summed E-state index contributed by atoms with van der Waals surface area (Å²) in [6.45, 7) is 16.6. The maximum atomic E-state index is 14.4. The molecule has 4 fully saturated rings. The molecule has 0 bridgehead atoms. The Labute approximate surface area is 219 Å². The zero-order valence-corrected chi connectivity index (χ0v) is 24.4. The number of hydrogen-bond acceptors (Lipinski definition) is 4. The molecule has 0 aromatic rings. The number of carbonyl (C=O) groups is 2. The molecular formula is C32H50O4. The predicted molar refractivity (Wildman–Crippen MR) is 142 cm³/mol. The second-order valence-corrected chi connectivity index (χ2v) is 15.3. The molecule has 5 aliphatic carbocycles. The maximum Gasteiger partial charge on any atom is 0.311 e. The molecule has 5 aliphatic rings. The number of ether oxygens (including phenoxy) is 2. The zero-order chi connectivity index (χ0) is 26.5. The summed E-state index contributed by atoms with van der Waals surface area (Å²) in [6.07, 6.45) is 11.7. The van der Waals surface area contributed by atoms with Crippen molar-refractivity contribution in [3.63, 3.8) is 0 Å². The molecule has 4 nitrogen and oxygen atoms in total. The fourth-order valence-electron chi connectivity index (χ4n) is 11.0. The van der Waals surface area contributed by atoms with E-state index in [4.69, 9.17) is 9.47 Å². The van der Waals surface area contributed by atoms with E-state index in [1.54, 1.807) is 0 Å². The van der Waals surface area contributed by atoms with Gasteiger partial charge in [0.1, 0.15) is 0 Å². The lowest BCUT2D eigenvalue weighted by Gasteiger charge is -2.70. The minimum absolute atomic E-state index is 0.0124. The van der Waals surface area contributed by atoms with Crippen molar-refractivity contribution in [2.24, 2.45) is 50.2 Å². The topological polar surface area (TPSA) is 52.6 Å². The van der Waals surface area contributed by atoms with Crippen LogP contribution in [0.5, 0.6) is 0 Å². The largest absolute Gasteiger partial charge is 0.469 e. The van der Waals surface area contributed by atoms with Gasteiger partial charge in [-0.15, -0.1) is 0 Å². The van der Waals surface area contributed by atoms with Crippen molar-refractivity contribution in [2.45, 2.75) is 112 Å². The van der Waals surface area contributed by atoms with Crippen LogP contribution >= 0.6 is 0 Å². The van der Waals surface area contributed by atoms with Crippen LogP contribution < -0.4 is 0 Å². The van der Waals surface area contributed by atoms with E-state index in [9.17, 15) is 9.59 Å². The van der Waals surface area contributed by atoms with Crippen LogP contribution in [0.25, 0.3) is 0 Å². The van der Waals surface area contributed by atoms with Gasteiger partial charge in [-0.3, -0.25) is 9.59 Å². The van der Waals surface area contributed by atoms with Crippen molar-refractivity contribution in [1.29, 1.82) is 0 Å². The summed E-state index contributed by atoms with van der Waals surface area (Å²) < 4.78 is 11.2. The molecule has 4 unspecified atom stereocenters. The van der Waals surface area contributed by atoms with Crippen LogP contribution in [-0.2, 0) is 19.1 Å². The number of esters is 1. The monoisotopic (exact) mass is 498 g/mol. The van der Waals surface area contributed by atoms with Gasteiger partial charge in [-0.2, -0.15) is 0 Å². The van der Waals surface area contributed by atoms with E-state index in [1.807, 2.05) is 7.11 Å². The molecule has 9 atom stereocenters. The summed E-state index contributed by atoms with van der Waals surface area (Å²) in [7, 11) is 3.37. The van der Waals surface area contributed by atoms with E-state index in [-0.39, 0.29) is 51.0 Å². The fraction of sp³-hybridized carbons (Fsp3) is 0.875. The van der Waals surface area contributed by atoms with E-state index < -0.39 is 5.41 Å². The number of carbonyl (C=O) groups excluding carboxylic acids is 2. The van der Waals surface area contributed by atoms with Gasteiger partial charge in [0.15, 0.2) is 5.78 Å². The minimum atomic E-state index is -0.467. The highest BCUT2D eigenvalue weighted by Crippen LogP contribution is 2.75. The highest BCUT2D eigenvalue weighted by molar-refractivity contribution is 5.95. The molecule has 0 aromatic carbocycles. The Morgan fingerprint density at radius 3 is 2.19 bits per heavy atom. The fourth-order valence-corrected chi connectivity index (χ4v) is 11.0. The number of rotatable bonds is 2. The summed E-state index contributed by atoms with van der Waals surface area (Å²) in [4.78, 5) is 27.2. The average Bonchev–Trinajstić information content (AvgIpc) is 2.80. The van der Waals surface area contributed by atoms with Gasteiger partial charge in [0.05, 0.1) is 18.6 Å². The van der Waals surface area contributed by atoms with Gasteiger partial charge in [-0.25, -0.2) is 0 Å². The Morgan fingerprint density at radius 1 is 0.889 bits per heavy atom. The van der Waals surface area contributed by atoms with Crippen LogP contribution in [0, 0.1) is 50.2 Å². The Hall–Kier alpha value is -1.16. The van der Waals surface area contributed by atoms with Crippen molar-refractivity contribution >= 4 is 11.8 Å². The first-order chi connectivity index (χ1) is 16.6. The van der Waals surface area contributed by atoms with Gasteiger partial charge in [-0.05, 0) is 110 Å². The lowest BCUT2D eigenvalue weighted by molar-refractivity contribution is -0.206. The molecule has 4 heteroatoms. The van der Waals surface area contributed by atoms with E-state index in [0.717, 1.165) is 51.4 Å². The highest BCUT2D eigenvalue weighted by Gasteiger charge is 2.70. The predicted octanol–water partition coefficient (Wildman–Crippen LogP) is 7.16. The number of fused-ring (bicyclic) bond motifs is 7. The first-order valence-corrected chi connectivity index (χ1v) is 14.5. The highest BCUT2D eigenvalue weighted by atomic mass is 16.5. The Kier molecular flexibility index (Phi) is 5.83. The molecule has 5 rings (SSSR count). The van der Waals surface area contributed by atoms with Gasteiger partial charge in [-0.1, -0.05) is 47.1 Å². The molecular weight excluding hydrogens is 448 g/mol. The van der Waals surface area contributed by atoms with E-state index >= 15 is 0 Å². The van der Waals surface area contributed by atoms with Crippen LogP contribution in [0.3, 0.4) is 0 Å². The van der Waals surface area contributed by atoms with Crippen molar-refractivity contribution in [3.8, 4) is 0 Å². The maximum absolute atomic E-state index is 14.4. The molecule has 4 saturated carbocycles. The SMILES string of the molecule is COC(=O)[C@@]1(C)CC[C@]2(C)CC[C@]3(C)C(=CC(=O)C4C5(C)CC[C@H](OC)C(C)(C)C5CC[C@]43C)C2C1. The minimum Gasteiger partial charge on any atom is -0.469 e. The summed E-state index contributed by atoms with van der Waals surface area (Å²) in [5, 5.41) is 0. The van der Waals surface area contributed by atoms with E-state index in [1.165, 1.54) is 19.1 Å². The van der Waals surface area contributed by atoms with Crippen LogP contribution in [0.4, 0.5) is 0 Å². The summed E-state index contributed by atoms with van der Waals surface area (Å²) in [5.41, 5.74) is 1.03. The first kappa shape index (κ1) is 26.4. The van der Waals surface area contributed by atoms with Crippen LogP contribution in [0.1, 0.15) is 106 Å². The zero-order valence-electron chi connectivity index (χ0n) is 24.4. The molecule has 0 amide bonds. The van der Waals surface area contributed by atoms with Crippen molar-refractivity contribution in [3.05, 3.63) is 11.6 Å². The summed E-state index contributed by atoms with van der Waals surface area (Å²) in [5.74, 6) is 1.07. The summed E-state index contributed by atoms with van der Waals surface area (Å²) >= 11 is 0. The first-order valence-electron chi connectivity index (χ1n) is 14.5. The number of allylic oxidation sites excluding steroid dienone is 2. The molecule has 202 valence electrons. The van der Waals surface area contributed by atoms with Crippen LogP contribution in [0.2, 0.25) is 0 Å². The van der Waals surface area contributed by atoms with Gasteiger partial charge >= 0.3 is 5.97 Å². The Balaban J connectivity index is 1.60. The van der Waals surface area contributed by atoms with Gasteiger partial charge in [0.2, 0.25) is 0 Å². The third-order valence-corrected chi connectivity index (χ3v) is 13.5.